The first-order chi connectivity index (χ1) is 6.31. The summed E-state index contributed by atoms with van der Waals surface area (Å²) in [5.74, 6) is 0. The summed E-state index contributed by atoms with van der Waals surface area (Å²) >= 11 is 0. The van der Waals surface area contributed by atoms with E-state index in [1.807, 2.05) is 19.9 Å². The second-order valence-electron chi connectivity index (χ2n) is 2.87. The van der Waals surface area contributed by atoms with Gasteiger partial charge in [0.25, 0.3) is 0 Å². The van der Waals surface area contributed by atoms with Crippen molar-refractivity contribution in [3.63, 3.8) is 0 Å². The van der Waals surface area contributed by atoms with Crippen LogP contribution in [0.4, 0.5) is 0 Å². The minimum absolute atomic E-state index is 0.628. The SMILES string of the molecule is CC=CCCCC=COC(O)CC. The van der Waals surface area contributed by atoms with Crippen LogP contribution in [0.5, 0.6) is 0 Å². The number of allylic oxidation sites excluding steroid dienone is 3. The lowest BCUT2D eigenvalue weighted by molar-refractivity contribution is -0.0527. The third-order valence-electron chi connectivity index (χ3n) is 1.66. The van der Waals surface area contributed by atoms with E-state index >= 15 is 0 Å². The molecule has 0 aromatic carbocycles. The molecule has 0 radical (unpaired) electrons. The normalized spacial score (nSPS) is 14.1. The summed E-state index contributed by atoms with van der Waals surface area (Å²) in [5, 5.41) is 9.01. The van der Waals surface area contributed by atoms with E-state index in [1.54, 1.807) is 6.26 Å². The number of aliphatic hydroxyl groups excluding tert-OH is 1. The number of ether oxygens (including phenoxy) is 1. The molecule has 0 aliphatic heterocycles. The van der Waals surface area contributed by atoms with Gasteiger partial charge in [-0.1, -0.05) is 19.1 Å². The first-order valence-electron chi connectivity index (χ1n) is 4.91. The van der Waals surface area contributed by atoms with Crippen LogP contribution in [0.2, 0.25) is 0 Å². The van der Waals surface area contributed by atoms with Crippen molar-refractivity contribution >= 4 is 0 Å². The lowest BCUT2D eigenvalue weighted by Gasteiger charge is -2.05. The summed E-state index contributed by atoms with van der Waals surface area (Å²) in [6.07, 6.45) is 11.0. The maximum absolute atomic E-state index is 9.01. The molecule has 0 aromatic rings. The number of rotatable bonds is 7. The maximum Gasteiger partial charge on any atom is 0.196 e. The van der Waals surface area contributed by atoms with Crippen molar-refractivity contribution in [3.05, 3.63) is 24.5 Å². The van der Waals surface area contributed by atoms with Crippen LogP contribution >= 0.6 is 0 Å². The predicted octanol–water partition coefficient (Wildman–Crippen LogP) is 2.99. The summed E-state index contributed by atoms with van der Waals surface area (Å²) in [6, 6.07) is 0. The molecule has 2 nitrogen and oxygen atoms in total. The fraction of sp³-hybridized carbons (Fsp3) is 0.636. The molecule has 0 aromatic heterocycles. The minimum Gasteiger partial charge on any atom is -0.473 e. The summed E-state index contributed by atoms with van der Waals surface area (Å²) in [4.78, 5) is 0. The van der Waals surface area contributed by atoms with Gasteiger partial charge in [0.2, 0.25) is 0 Å². The average Bonchev–Trinajstić information content (AvgIpc) is 2.16. The lowest BCUT2D eigenvalue weighted by atomic mass is 10.2. The van der Waals surface area contributed by atoms with Crippen LogP contribution in [0.15, 0.2) is 24.5 Å². The lowest BCUT2D eigenvalue weighted by Crippen LogP contribution is -2.04. The first-order valence-corrected chi connectivity index (χ1v) is 4.91. The Bertz CT molecular complexity index is 150. The van der Waals surface area contributed by atoms with E-state index in [0.29, 0.717) is 6.42 Å². The summed E-state index contributed by atoms with van der Waals surface area (Å²) < 4.78 is 4.95. The highest BCUT2D eigenvalue weighted by atomic mass is 16.6. The van der Waals surface area contributed by atoms with E-state index in [-0.39, 0.29) is 0 Å². The van der Waals surface area contributed by atoms with Crippen molar-refractivity contribution in [3.8, 4) is 0 Å². The van der Waals surface area contributed by atoms with Crippen LogP contribution in [0, 0.1) is 0 Å². The third-order valence-corrected chi connectivity index (χ3v) is 1.66. The Labute approximate surface area is 80.9 Å². The van der Waals surface area contributed by atoms with Crippen molar-refractivity contribution < 1.29 is 9.84 Å². The zero-order valence-corrected chi connectivity index (χ0v) is 8.57. The van der Waals surface area contributed by atoms with Crippen molar-refractivity contribution in [2.24, 2.45) is 0 Å². The standard InChI is InChI=1S/C11H20O2/c1-3-5-6-7-8-9-10-13-11(12)4-2/h3,5,9-12H,4,6-8H2,1-2H3. The fourth-order valence-corrected chi connectivity index (χ4v) is 0.831. The molecule has 0 aliphatic rings. The molecular formula is C11H20O2. The second kappa shape index (κ2) is 9.33. The van der Waals surface area contributed by atoms with Gasteiger partial charge >= 0.3 is 0 Å². The number of aliphatic hydroxyl groups is 1. The van der Waals surface area contributed by atoms with E-state index in [9.17, 15) is 0 Å². The van der Waals surface area contributed by atoms with Gasteiger partial charge in [-0.2, -0.15) is 0 Å². The minimum atomic E-state index is -0.646. The van der Waals surface area contributed by atoms with Crippen molar-refractivity contribution in [1.29, 1.82) is 0 Å². The molecule has 1 atom stereocenters. The molecule has 13 heavy (non-hydrogen) atoms. The van der Waals surface area contributed by atoms with Crippen molar-refractivity contribution in [2.45, 2.75) is 45.8 Å². The fourth-order valence-electron chi connectivity index (χ4n) is 0.831. The molecule has 0 amide bonds. The van der Waals surface area contributed by atoms with E-state index < -0.39 is 6.29 Å². The van der Waals surface area contributed by atoms with Crippen molar-refractivity contribution in [1.82, 2.24) is 0 Å². The molecule has 0 bridgehead atoms. The van der Waals surface area contributed by atoms with Crippen LogP contribution in [0.3, 0.4) is 0 Å². The molecule has 1 N–H and O–H groups in total. The molecule has 0 saturated heterocycles. The van der Waals surface area contributed by atoms with E-state index in [2.05, 4.69) is 12.2 Å². The molecule has 0 saturated carbocycles. The Balaban J connectivity index is 3.21. The smallest absolute Gasteiger partial charge is 0.196 e. The highest BCUT2D eigenvalue weighted by Crippen LogP contribution is 1.99. The molecule has 2 heteroatoms. The monoisotopic (exact) mass is 184 g/mol. The highest BCUT2D eigenvalue weighted by molar-refractivity contribution is 4.80. The molecule has 0 rings (SSSR count). The Hall–Kier alpha value is -0.760. The van der Waals surface area contributed by atoms with Gasteiger partial charge in [0, 0.05) is 6.42 Å². The first kappa shape index (κ1) is 12.2. The molecular weight excluding hydrogens is 164 g/mol. The highest BCUT2D eigenvalue weighted by Gasteiger charge is 1.93. The number of hydrogen-bond acceptors (Lipinski definition) is 2. The van der Waals surface area contributed by atoms with Gasteiger partial charge in [-0.3, -0.25) is 0 Å². The second-order valence-corrected chi connectivity index (χ2v) is 2.87. The quantitative estimate of drug-likeness (QED) is 0.285. The molecule has 0 spiro atoms. The molecule has 1 unspecified atom stereocenters. The van der Waals surface area contributed by atoms with Crippen LogP contribution in [-0.4, -0.2) is 11.4 Å². The van der Waals surface area contributed by atoms with Gasteiger partial charge in [0.15, 0.2) is 6.29 Å². The Morgan fingerprint density at radius 1 is 1.31 bits per heavy atom. The van der Waals surface area contributed by atoms with Gasteiger partial charge in [0.1, 0.15) is 0 Å². The van der Waals surface area contributed by atoms with Gasteiger partial charge in [-0.25, -0.2) is 0 Å². The summed E-state index contributed by atoms with van der Waals surface area (Å²) in [5.41, 5.74) is 0. The Kier molecular flexibility index (Phi) is 8.78. The zero-order valence-electron chi connectivity index (χ0n) is 8.57. The Morgan fingerprint density at radius 3 is 2.62 bits per heavy atom. The third kappa shape index (κ3) is 9.15. The Morgan fingerprint density at radius 2 is 2.00 bits per heavy atom. The van der Waals surface area contributed by atoms with E-state index in [0.717, 1.165) is 19.3 Å². The number of hydrogen-bond donors (Lipinski definition) is 1. The average molecular weight is 184 g/mol. The van der Waals surface area contributed by atoms with Gasteiger partial charge in [-0.05, 0) is 32.3 Å². The van der Waals surface area contributed by atoms with Gasteiger partial charge < -0.3 is 9.84 Å². The van der Waals surface area contributed by atoms with E-state index in [1.165, 1.54) is 0 Å². The van der Waals surface area contributed by atoms with Gasteiger partial charge in [0.05, 0.1) is 6.26 Å². The van der Waals surface area contributed by atoms with Crippen LogP contribution < -0.4 is 0 Å². The van der Waals surface area contributed by atoms with Crippen LogP contribution in [0.1, 0.15) is 39.5 Å². The van der Waals surface area contributed by atoms with Crippen molar-refractivity contribution in [2.75, 3.05) is 0 Å². The van der Waals surface area contributed by atoms with Crippen LogP contribution in [0.25, 0.3) is 0 Å². The molecule has 0 fully saturated rings. The number of unbranched alkanes of at least 4 members (excludes halogenated alkanes) is 2. The largest absolute Gasteiger partial charge is 0.473 e. The van der Waals surface area contributed by atoms with Crippen LogP contribution in [-0.2, 0) is 4.74 Å². The van der Waals surface area contributed by atoms with Gasteiger partial charge in [-0.15, -0.1) is 0 Å². The van der Waals surface area contributed by atoms with E-state index in [4.69, 9.17) is 9.84 Å². The molecule has 0 aliphatic carbocycles. The molecule has 0 heterocycles. The zero-order chi connectivity index (χ0) is 9.94. The predicted molar refractivity (Wildman–Crippen MR) is 55.2 cm³/mol. The maximum atomic E-state index is 9.01. The topological polar surface area (TPSA) is 29.5 Å². The summed E-state index contributed by atoms with van der Waals surface area (Å²) in [7, 11) is 0. The summed E-state index contributed by atoms with van der Waals surface area (Å²) in [6.45, 7) is 3.90. The molecule has 76 valence electrons.